The normalized spacial score (nSPS) is 12.6. The van der Waals surface area contributed by atoms with Crippen molar-refractivity contribution in [1.29, 1.82) is 0 Å². The molecule has 2 aromatic carbocycles. The highest BCUT2D eigenvalue weighted by Crippen LogP contribution is 2.42. The highest BCUT2D eigenvalue weighted by molar-refractivity contribution is 8.76. The number of hydrogen-bond donors (Lipinski definition) is 2. The first-order valence-corrected chi connectivity index (χ1v) is 17.0. The van der Waals surface area contributed by atoms with E-state index in [1.54, 1.807) is 12.1 Å². The number of hydrogen-bond acceptors (Lipinski definition) is 10. The number of amides is 2. The van der Waals surface area contributed by atoms with Crippen LogP contribution in [0.3, 0.4) is 0 Å². The second kappa shape index (κ2) is 15.9. The van der Waals surface area contributed by atoms with E-state index in [0.717, 1.165) is 31.6 Å². The van der Waals surface area contributed by atoms with Crippen LogP contribution in [0.4, 0.5) is 0 Å². The van der Waals surface area contributed by atoms with Gasteiger partial charge in [0.15, 0.2) is 0 Å². The minimum atomic E-state index is -0.743. The Hall–Kier alpha value is -4.16. The van der Waals surface area contributed by atoms with Gasteiger partial charge in [-0.15, -0.1) is 0 Å². The lowest BCUT2D eigenvalue weighted by Gasteiger charge is -2.18. The van der Waals surface area contributed by atoms with Crippen molar-refractivity contribution in [3.05, 3.63) is 72.1 Å². The Kier molecular flexibility index (Phi) is 12.0. The van der Waals surface area contributed by atoms with Gasteiger partial charge in [0, 0.05) is 33.0 Å². The minimum Gasteiger partial charge on any atom is -0.467 e. The molecule has 2 aromatic heterocycles. The van der Waals surface area contributed by atoms with Crippen LogP contribution in [0.5, 0.6) is 0 Å². The summed E-state index contributed by atoms with van der Waals surface area (Å²) >= 11 is 0. The van der Waals surface area contributed by atoms with Crippen molar-refractivity contribution in [1.82, 2.24) is 20.6 Å². The lowest BCUT2D eigenvalue weighted by atomic mass is 10.0. The van der Waals surface area contributed by atoms with Gasteiger partial charge in [0.05, 0.1) is 36.4 Å². The van der Waals surface area contributed by atoms with E-state index in [4.69, 9.17) is 9.47 Å². The van der Waals surface area contributed by atoms with E-state index < -0.39 is 35.8 Å². The first-order chi connectivity index (χ1) is 22.0. The molecule has 0 aliphatic rings. The third-order valence-electron chi connectivity index (χ3n) is 7.09. The number of ether oxygens (including phenoxy) is 2. The summed E-state index contributed by atoms with van der Waals surface area (Å²) in [6.07, 6.45) is 3.94. The van der Waals surface area contributed by atoms with Gasteiger partial charge in [0.25, 0.3) is 11.8 Å². The number of aromatic nitrogens is 2. The number of nitrogens with one attached hydrogen (secondary N) is 2. The average molecular weight is 663 g/mol. The van der Waals surface area contributed by atoms with Crippen LogP contribution >= 0.6 is 21.6 Å². The topological polar surface area (TPSA) is 137 Å². The SMILES string of the molecule is COC(=O)[C@H](CC(C)C)NC(=O)c1cnc2c(SSc3cccc4cc(C(=O)N[C@@H](CC(C)C)C(=O)OC)cnc34)cccc2c1. The van der Waals surface area contributed by atoms with Gasteiger partial charge >= 0.3 is 11.9 Å². The molecule has 0 spiro atoms. The molecule has 0 bridgehead atoms. The molecule has 0 aliphatic carbocycles. The smallest absolute Gasteiger partial charge is 0.328 e. The molecule has 2 atom stereocenters. The fraction of sp³-hybridized carbons (Fsp3) is 0.353. The van der Waals surface area contributed by atoms with Crippen molar-refractivity contribution in [3.63, 3.8) is 0 Å². The number of pyridine rings is 2. The van der Waals surface area contributed by atoms with E-state index in [0.29, 0.717) is 24.0 Å². The number of fused-ring (bicyclic) bond motifs is 2. The van der Waals surface area contributed by atoms with Crippen LogP contribution in [0.25, 0.3) is 21.8 Å². The Balaban J connectivity index is 1.50. The number of rotatable bonds is 13. The van der Waals surface area contributed by atoms with Crippen LogP contribution in [-0.2, 0) is 19.1 Å². The summed E-state index contributed by atoms with van der Waals surface area (Å²) in [4.78, 5) is 61.4. The minimum absolute atomic E-state index is 0.190. The van der Waals surface area contributed by atoms with Gasteiger partial charge < -0.3 is 20.1 Å². The molecular formula is C34H38N4O6S2. The molecule has 12 heteroatoms. The number of carbonyl (C=O) groups excluding carboxylic acids is 4. The van der Waals surface area contributed by atoms with Crippen molar-refractivity contribution < 1.29 is 28.7 Å². The fourth-order valence-corrected chi connectivity index (χ4v) is 7.17. The largest absolute Gasteiger partial charge is 0.467 e. The fourth-order valence-electron chi connectivity index (χ4n) is 4.88. The Labute approximate surface area is 276 Å². The van der Waals surface area contributed by atoms with E-state index in [9.17, 15) is 19.2 Å². The van der Waals surface area contributed by atoms with Crippen molar-refractivity contribution in [3.8, 4) is 0 Å². The van der Waals surface area contributed by atoms with Gasteiger partial charge in [-0.05, 0) is 48.9 Å². The van der Waals surface area contributed by atoms with E-state index in [1.807, 2.05) is 64.1 Å². The standard InChI is InChI=1S/C34H38N4O6S2/c1-19(2)13-25(33(41)43-5)37-31(39)23-15-21-9-7-11-27(29(21)35-17-23)45-46-28-12-8-10-22-16-24(18-36-30(22)28)32(40)38-26(14-20(3)4)34(42)44-6/h7-12,15-20,25-26H,13-14H2,1-6H3,(H,37,39)(H,38,40)/t25-,26-/m0/s1. The molecule has 46 heavy (non-hydrogen) atoms. The van der Waals surface area contributed by atoms with E-state index in [-0.39, 0.29) is 11.8 Å². The van der Waals surface area contributed by atoms with Gasteiger partial charge in [-0.3, -0.25) is 19.6 Å². The summed E-state index contributed by atoms with van der Waals surface area (Å²) in [7, 11) is 5.63. The first-order valence-electron chi connectivity index (χ1n) is 14.9. The molecule has 0 radical (unpaired) electrons. The highest BCUT2D eigenvalue weighted by Gasteiger charge is 2.25. The summed E-state index contributed by atoms with van der Waals surface area (Å²) < 4.78 is 9.73. The molecule has 0 saturated heterocycles. The molecule has 4 rings (SSSR count). The van der Waals surface area contributed by atoms with Gasteiger partial charge in [-0.25, -0.2) is 9.59 Å². The van der Waals surface area contributed by atoms with Crippen LogP contribution < -0.4 is 10.6 Å². The molecule has 0 aliphatic heterocycles. The number of methoxy groups -OCH3 is 2. The predicted molar refractivity (Wildman–Crippen MR) is 181 cm³/mol. The zero-order valence-electron chi connectivity index (χ0n) is 26.7. The summed E-state index contributed by atoms with van der Waals surface area (Å²) in [5, 5.41) is 7.12. The maximum absolute atomic E-state index is 13.0. The van der Waals surface area contributed by atoms with Crippen LogP contribution in [0, 0.1) is 11.8 Å². The summed E-state index contributed by atoms with van der Waals surface area (Å²) in [5.74, 6) is -1.38. The lowest BCUT2D eigenvalue weighted by molar-refractivity contribution is -0.144. The molecule has 10 nitrogen and oxygen atoms in total. The van der Waals surface area contributed by atoms with E-state index in [2.05, 4.69) is 20.6 Å². The lowest BCUT2D eigenvalue weighted by Crippen LogP contribution is -2.42. The summed E-state index contributed by atoms with van der Waals surface area (Å²) in [5.41, 5.74) is 2.16. The third-order valence-corrected chi connectivity index (χ3v) is 9.52. The zero-order valence-corrected chi connectivity index (χ0v) is 28.3. The Morgan fingerprint density at radius 3 is 1.41 bits per heavy atom. The zero-order chi connectivity index (χ0) is 33.4. The molecule has 0 saturated carbocycles. The highest BCUT2D eigenvalue weighted by atomic mass is 33.1. The maximum Gasteiger partial charge on any atom is 0.328 e. The van der Waals surface area contributed by atoms with Crippen LogP contribution in [0.1, 0.15) is 61.3 Å². The van der Waals surface area contributed by atoms with E-state index >= 15 is 0 Å². The molecule has 0 fully saturated rings. The summed E-state index contributed by atoms with van der Waals surface area (Å²) in [6.45, 7) is 7.89. The second-order valence-electron chi connectivity index (χ2n) is 11.6. The molecule has 242 valence electrons. The Bertz CT molecular complexity index is 1620. The van der Waals surface area contributed by atoms with Crippen LogP contribution in [0.15, 0.2) is 70.7 Å². The predicted octanol–water partition coefficient (Wildman–Crippen LogP) is 6.22. The number of nitrogens with zero attached hydrogens (tertiary/aromatic N) is 2. The number of para-hydroxylation sites is 2. The molecule has 2 N–H and O–H groups in total. The van der Waals surface area contributed by atoms with Crippen molar-refractivity contribution in [2.75, 3.05) is 14.2 Å². The molecule has 2 heterocycles. The van der Waals surface area contributed by atoms with Gasteiger partial charge in [0.2, 0.25) is 0 Å². The van der Waals surface area contributed by atoms with Gasteiger partial charge in [-0.1, -0.05) is 73.5 Å². The van der Waals surface area contributed by atoms with Gasteiger partial charge in [0.1, 0.15) is 12.1 Å². The van der Waals surface area contributed by atoms with Gasteiger partial charge in [-0.2, -0.15) is 0 Å². The average Bonchev–Trinajstić information content (AvgIpc) is 3.04. The Morgan fingerprint density at radius 1 is 0.674 bits per heavy atom. The van der Waals surface area contributed by atoms with Crippen LogP contribution in [0.2, 0.25) is 0 Å². The second-order valence-corrected chi connectivity index (χ2v) is 13.8. The number of esters is 2. The van der Waals surface area contributed by atoms with E-state index in [1.165, 1.54) is 48.2 Å². The molecule has 4 aromatic rings. The number of carbonyl (C=O) groups is 4. The summed E-state index contributed by atoms with van der Waals surface area (Å²) in [6, 6.07) is 13.5. The Morgan fingerprint density at radius 2 is 1.07 bits per heavy atom. The third kappa shape index (κ3) is 8.76. The monoisotopic (exact) mass is 662 g/mol. The molecule has 2 amide bonds. The molecular weight excluding hydrogens is 625 g/mol. The van der Waals surface area contributed by atoms with Crippen molar-refractivity contribution >= 4 is 67.1 Å². The van der Waals surface area contributed by atoms with Crippen LogP contribution in [-0.4, -0.2) is 60.0 Å². The van der Waals surface area contributed by atoms with Crippen molar-refractivity contribution in [2.24, 2.45) is 11.8 Å². The number of benzene rings is 2. The maximum atomic E-state index is 13.0. The molecule has 0 unspecified atom stereocenters. The first kappa shape index (κ1) is 34.7. The quantitative estimate of drug-likeness (QED) is 0.125. The van der Waals surface area contributed by atoms with Crippen molar-refractivity contribution in [2.45, 2.75) is 62.4 Å².